The second-order valence-corrected chi connectivity index (χ2v) is 8.80. The fraction of sp³-hybridized carbons (Fsp3) is 0.0625. The molecule has 0 bridgehead atoms. The van der Waals surface area contributed by atoms with Crippen LogP contribution in [0, 0.1) is 12.7 Å². The molecule has 0 radical (unpaired) electrons. The molecule has 0 atom stereocenters. The standard InChI is InChI=1S/C32H26FN3O2/c1-23-10-19-31(26-7-3-2-4-8-26)36(23)29-17-13-27(14-18-29)32(37)35-34-21-25-6-5-9-30(20-25)38-22-24-11-15-28(33)16-12-24/h2-21H,22H2,1H3,(H,35,37)/b34-21+. The first-order valence-corrected chi connectivity index (χ1v) is 12.2. The van der Waals surface area contributed by atoms with Crippen molar-refractivity contribution in [1.29, 1.82) is 0 Å². The van der Waals surface area contributed by atoms with Gasteiger partial charge < -0.3 is 9.30 Å². The van der Waals surface area contributed by atoms with Gasteiger partial charge in [0.05, 0.1) is 11.9 Å². The van der Waals surface area contributed by atoms with Gasteiger partial charge in [0, 0.05) is 16.9 Å². The molecule has 0 aliphatic rings. The van der Waals surface area contributed by atoms with E-state index in [0.29, 0.717) is 17.9 Å². The van der Waals surface area contributed by atoms with Gasteiger partial charge >= 0.3 is 0 Å². The number of rotatable bonds is 8. The predicted octanol–water partition coefficient (Wildman–Crippen LogP) is 6.93. The minimum absolute atomic E-state index is 0.279. The quantitative estimate of drug-likeness (QED) is 0.184. The summed E-state index contributed by atoms with van der Waals surface area (Å²) >= 11 is 0. The highest BCUT2D eigenvalue weighted by Crippen LogP contribution is 2.26. The van der Waals surface area contributed by atoms with E-state index < -0.39 is 0 Å². The van der Waals surface area contributed by atoms with Crippen molar-refractivity contribution in [3.05, 3.63) is 143 Å². The molecule has 1 heterocycles. The van der Waals surface area contributed by atoms with Crippen LogP contribution in [0.25, 0.3) is 16.9 Å². The fourth-order valence-corrected chi connectivity index (χ4v) is 4.14. The third kappa shape index (κ3) is 5.87. The lowest BCUT2D eigenvalue weighted by atomic mass is 10.1. The van der Waals surface area contributed by atoms with E-state index in [-0.39, 0.29) is 11.7 Å². The van der Waals surface area contributed by atoms with Crippen molar-refractivity contribution in [2.45, 2.75) is 13.5 Å². The number of hydrogen-bond acceptors (Lipinski definition) is 3. The average Bonchev–Trinajstić information content (AvgIpc) is 3.34. The number of hydrogen-bond donors (Lipinski definition) is 1. The minimum Gasteiger partial charge on any atom is -0.489 e. The van der Waals surface area contributed by atoms with Crippen molar-refractivity contribution in [3.8, 4) is 22.7 Å². The SMILES string of the molecule is Cc1ccc(-c2ccccc2)n1-c1ccc(C(=O)N/N=C/c2cccc(OCc3ccc(F)cc3)c2)cc1. The van der Waals surface area contributed by atoms with E-state index in [0.717, 1.165) is 33.8 Å². The normalized spacial score (nSPS) is 11.0. The van der Waals surface area contributed by atoms with Crippen molar-refractivity contribution in [3.63, 3.8) is 0 Å². The largest absolute Gasteiger partial charge is 0.489 e. The number of hydrazone groups is 1. The summed E-state index contributed by atoms with van der Waals surface area (Å²) in [6.45, 7) is 2.38. The Hall–Kier alpha value is -4.97. The molecule has 5 nitrogen and oxygen atoms in total. The zero-order valence-corrected chi connectivity index (χ0v) is 20.8. The molecule has 5 rings (SSSR count). The first-order chi connectivity index (χ1) is 18.6. The van der Waals surface area contributed by atoms with Gasteiger partial charge in [-0.3, -0.25) is 4.79 Å². The summed E-state index contributed by atoms with van der Waals surface area (Å²) in [6, 6.07) is 35.4. The highest BCUT2D eigenvalue weighted by atomic mass is 19.1. The molecule has 1 amide bonds. The topological polar surface area (TPSA) is 55.6 Å². The molecule has 1 N–H and O–H groups in total. The lowest BCUT2D eigenvalue weighted by molar-refractivity contribution is 0.0955. The Labute approximate surface area is 220 Å². The number of nitrogens with zero attached hydrogens (tertiary/aromatic N) is 2. The second kappa shape index (κ2) is 11.4. The van der Waals surface area contributed by atoms with Crippen LogP contribution in [0.4, 0.5) is 4.39 Å². The molecule has 0 saturated heterocycles. The summed E-state index contributed by atoms with van der Waals surface area (Å²) in [5.74, 6) is 0.0672. The van der Waals surface area contributed by atoms with Gasteiger partial charge in [-0.1, -0.05) is 54.6 Å². The lowest BCUT2D eigenvalue weighted by Crippen LogP contribution is -2.17. The summed E-state index contributed by atoms with van der Waals surface area (Å²) in [4.78, 5) is 12.7. The molecule has 0 unspecified atom stereocenters. The molecule has 38 heavy (non-hydrogen) atoms. The van der Waals surface area contributed by atoms with E-state index in [1.807, 2.05) is 54.6 Å². The van der Waals surface area contributed by atoms with Crippen LogP contribution in [-0.2, 0) is 6.61 Å². The van der Waals surface area contributed by atoms with Gasteiger partial charge in [-0.15, -0.1) is 0 Å². The maximum absolute atomic E-state index is 13.1. The van der Waals surface area contributed by atoms with Gasteiger partial charge in [0.25, 0.3) is 5.91 Å². The monoisotopic (exact) mass is 503 g/mol. The number of carbonyl (C=O) groups excluding carboxylic acids is 1. The Morgan fingerprint density at radius 1 is 0.895 bits per heavy atom. The van der Waals surface area contributed by atoms with E-state index in [4.69, 9.17) is 4.74 Å². The van der Waals surface area contributed by atoms with Crippen molar-refractivity contribution in [1.82, 2.24) is 9.99 Å². The predicted molar refractivity (Wildman–Crippen MR) is 148 cm³/mol. The van der Waals surface area contributed by atoms with E-state index >= 15 is 0 Å². The zero-order chi connectivity index (χ0) is 26.3. The van der Waals surface area contributed by atoms with Crippen molar-refractivity contribution in [2.24, 2.45) is 5.10 Å². The van der Waals surface area contributed by atoms with Crippen LogP contribution < -0.4 is 10.2 Å². The lowest BCUT2D eigenvalue weighted by Gasteiger charge is -2.12. The van der Waals surface area contributed by atoms with Crippen molar-refractivity contribution < 1.29 is 13.9 Å². The number of halogens is 1. The van der Waals surface area contributed by atoms with Gasteiger partial charge in [-0.25, -0.2) is 9.82 Å². The van der Waals surface area contributed by atoms with Gasteiger partial charge in [0.2, 0.25) is 0 Å². The van der Waals surface area contributed by atoms with Crippen molar-refractivity contribution >= 4 is 12.1 Å². The molecule has 5 aromatic rings. The van der Waals surface area contributed by atoms with Gasteiger partial charge in [0.15, 0.2) is 0 Å². The van der Waals surface area contributed by atoms with E-state index in [1.165, 1.54) is 12.1 Å². The van der Waals surface area contributed by atoms with Crippen LogP contribution in [0.15, 0.2) is 120 Å². The molecule has 6 heteroatoms. The number of aryl methyl sites for hydroxylation is 1. The summed E-state index contributed by atoms with van der Waals surface area (Å²) in [5, 5.41) is 4.10. The van der Waals surface area contributed by atoms with Crippen LogP contribution in [0.5, 0.6) is 5.75 Å². The highest BCUT2D eigenvalue weighted by Gasteiger charge is 2.11. The highest BCUT2D eigenvalue weighted by molar-refractivity contribution is 5.95. The Bertz CT molecular complexity index is 1560. The number of aromatic nitrogens is 1. The average molecular weight is 504 g/mol. The Morgan fingerprint density at radius 2 is 1.66 bits per heavy atom. The van der Waals surface area contributed by atoms with Crippen LogP contribution in [-0.4, -0.2) is 16.7 Å². The Balaban J connectivity index is 1.21. The smallest absolute Gasteiger partial charge is 0.271 e. The first kappa shape index (κ1) is 24.7. The van der Waals surface area contributed by atoms with Gasteiger partial charge in [0.1, 0.15) is 18.2 Å². The minimum atomic E-state index is -0.302. The molecule has 188 valence electrons. The fourth-order valence-electron chi connectivity index (χ4n) is 4.14. The summed E-state index contributed by atoms with van der Waals surface area (Å²) in [7, 11) is 0. The number of amides is 1. The summed E-state index contributed by atoms with van der Waals surface area (Å²) < 4.78 is 21.0. The summed E-state index contributed by atoms with van der Waals surface area (Å²) in [6.07, 6.45) is 1.56. The number of benzene rings is 4. The van der Waals surface area contributed by atoms with E-state index in [2.05, 4.69) is 46.3 Å². The van der Waals surface area contributed by atoms with E-state index in [1.54, 1.807) is 30.5 Å². The van der Waals surface area contributed by atoms with Crippen LogP contribution >= 0.6 is 0 Å². The Morgan fingerprint density at radius 3 is 2.42 bits per heavy atom. The molecule has 0 aliphatic heterocycles. The number of carbonyl (C=O) groups is 1. The molecule has 0 saturated carbocycles. The van der Waals surface area contributed by atoms with Gasteiger partial charge in [-0.2, -0.15) is 5.10 Å². The van der Waals surface area contributed by atoms with Crippen LogP contribution in [0.2, 0.25) is 0 Å². The maximum atomic E-state index is 13.1. The molecular weight excluding hydrogens is 477 g/mol. The second-order valence-electron chi connectivity index (χ2n) is 8.80. The molecule has 4 aromatic carbocycles. The van der Waals surface area contributed by atoms with Gasteiger partial charge in [-0.05, 0) is 84.3 Å². The molecule has 1 aromatic heterocycles. The number of nitrogens with one attached hydrogen (secondary N) is 1. The van der Waals surface area contributed by atoms with Crippen LogP contribution in [0.1, 0.15) is 27.2 Å². The third-order valence-electron chi connectivity index (χ3n) is 6.09. The molecule has 0 aliphatic carbocycles. The molecule has 0 fully saturated rings. The van der Waals surface area contributed by atoms with Crippen LogP contribution in [0.3, 0.4) is 0 Å². The molecule has 0 spiro atoms. The third-order valence-corrected chi connectivity index (χ3v) is 6.09. The maximum Gasteiger partial charge on any atom is 0.271 e. The zero-order valence-electron chi connectivity index (χ0n) is 20.8. The summed E-state index contributed by atoms with van der Waals surface area (Å²) in [5.41, 5.74) is 9.03. The first-order valence-electron chi connectivity index (χ1n) is 12.2. The van der Waals surface area contributed by atoms with Crippen molar-refractivity contribution in [2.75, 3.05) is 0 Å². The molecular formula is C32H26FN3O2. The van der Waals surface area contributed by atoms with E-state index in [9.17, 15) is 9.18 Å². The Kier molecular flexibility index (Phi) is 7.41. The number of ether oxygens (including phenoxy) is 1.